The van der Waals surface area contributed by atoms with Gasteiger partial charge in [-0.3, -0.25) is 9.59 Å². The predicted molar refractivity (Wildman–Crippen MR) is 104 cm³/mol. The first-order valence-electron chi connectivity index (χ1n) is 9.90. The van der Waals surface area contributed by atoms with E-state index in [0.717, 1.165) is 37.7 Å². The molecule has 5 heteroatoms. The van der Waals surface area contributed by atoms with Gasteiger partial charge in [0.15, 0.2) is 0 Å². The van der Waals surface area contributed by atoms with Crippen molar-refractivity contribution in [1.29, 1.82) is 0 Å². The number of nitrogens with zero attached hydrogens (tertiary/aromatic N) is 2. The lowest BCUT2D eigenvalue weighted by Crippen LogP contribution is -2.60. The van der Waals surface area contributed by atoms with Crippen molar-refractivity contribution in [1.82, 2.24) is 9.80 Å². The van der Waals surface area contributed by atoms with Crippen LogP contribution in [0.15, 0.2) is 24.3 Å². The summed E-state index contributed by atoms with van der Waals surface area (Å²) in [7, 11) is 0. The van der Waals surface area contributed by atoms with Crippen LogP contribution in [0.25, 0.3) is 0 Å². The van der Waals surface area contributed by atoms with E-state index in [-0.39, 0.29) is 30.4 Å². The molecule has 0 spiro atoms. The van der Waals surface area contributed by atoms with Gasteiger partial charge in [-0.2, -0.15) is 0 Å². The summed E-state index contributed by atoms with van der Waals surface area (Å²) in [6, 6.07) is 7.05. The second-order valence-corrected chi connectivity index (χ2v) is 8.06. The topological polar surface area (TPSA) is 40.6 Å². The van der Waals surface area contributed by atoms with Crippen molar-refractivity contribution < 1.29 is 9.59 Å². The Morgan fingerprint density at radius 2 is 1.69 bits per heavy atom. The summed E-state index contributed by atoms with van der Waals surface area (Å²) in [5, 5.41) is 0.638. The molecule has 1 aromatic rings. The van der Waals surface area contributed by atoms with Crippen LogP contribution in [-0.2, 0) is 9.59 Å². The number of carbonyl (C=O) groups excluding carboxylic acids is 2. The molecule has 0 bridgehead atoms. The molecule has 0 radical (unpaired) electrons. The van der Waals surface area contributed by atoms with E-state index >= 15 is 0 Å². The highest BCUT2D eigenvalue weighted by Gasteiger charge is 2.44. The zero-order valence-corrected chi connectivity index (χ0v) is 16.5. The largest absolute Gasteiger partial charge is 0.328 e. The molecule has 26 heavy (non-hydrogen) atoms. The summed E-state index contributed by atoms with van der Waals surface area (Å²) < 4.78 is 0. The van der Waals surface area contributed by atoms with Gasteiger partial charge in [0.05, 0.1) is 0 Å². The minimum Gasteiger partial charge on any atom is -0.328 e. The maximum atomic E-state index is 13.5. The first-order chi connectivity index (χ1) is 12.5. The minimum atomic E-state index is -0.535. The molecule has 0 unspecified atom stereocenters. The lowest BCUT2D eigenvalue weighted by Gasteiger charge is -2.45. The van der Waals surface area contributed by atoms with Crippen LogP contribution in [0.4, 0.5) is 0 Å². The Labute approximate surface area is 161 Å². The van der Waals surface area contributed by atoms with Crippen molar-refractivity contribution >= 4 is 23.4 Å². The third-order valence-electron chi connectivity index (χ3n) is 5.91. The van der Waals surface area contributed by atoms with E-state index in [1.165, 1.54) is 12.8 Å². The van der Waals surface area contributed by atoms with Gasteiger partial charge in [-0.1, -0.05) is 56.3 Å². The van der Waals surface area contributed by atoms with E-state index in [1.807, 2.05) is 24.0 Å². The van der Waals surface area contributed by atoms with Crippen LogP contribution in [0.1, 0.15) is 70.4 Å². The number of carbonyl (C=O) groups is 2. The zero-order chi connectivity index (χ0) is 18.7. The first-order valence-corrected chi connectivity index (χ1v) is 10.3. The van der Waals surface area contributed by atoms with E-state index in [2.05, 4.69) is 6.92 Å². The molecule has 1 aliphatic carbocycles. The summed E-state index contributed by atoms with van der Waals surface area (Å²) in [6.45, 7) is 4.30. The van der Waals surface area contributed by atoms with Crippen LogP contribution in [0.3, 0.4) is 0 Å². The van der Waals surface area contributed by atoms with E-state index in [0.29, 0.717) is 5.02 Å². The molecule has 0 aromatic heterocycles. The number of benzene rings is 1. The highest BCUT2D eigenvalue weighted by Crippen LogP contribution is 2.34. The van der Waals surface area contributed by atoms with Gasteiger partial charge < -0.3 is 9.80 Å². The second-order valence-electron chi connectivity index (χ2n) is 7.62. The highest BCUT2D eigenvalue weighted by molar-refractivity contribution is 6.30. The lowest BCUT2D eigenvalue weighted by molar-refractivity contribution is -0.161. The molecule has 1 aliphatic heterocycles. The van der Waals surface area contributed by atoms with Crippen LogP contribution in [-0.4, -0.2) is 40.2 Å². The first kappa shape index (κ1) is 19.2. The van der Waals surface area contributed by atoms with Crippen molar-refractivity contribution in [2.45, 2.75) is 76.9 Å². The Hall–Kier alpha value is -1.55. The fourth-order valence-electron chi connectivity index (χ4n) is 4.25. The van der Waals surface area contributed by atoms with Crippen molar-refractivity contribution in [3.05, 3.63) is 34.9 Å². The molecular formula is C21H29ClN2O2. The maximum Gasteiger partial charge on any atom is 0.250 e. The van der Waals surface area contributed by atoms with Crippen LogP contribution < -0.4 is 0 Å². The van der Waals surface area contributed by atoms with Crippen molar-refractivity contribution in [3.8, 4) is 0 Å². The standard InChI is InChI=1S/C21H29ClN2O2/c1-3-15(2)24-19(25)14-23(18-8-6-4-5-7-9-18)21(26)20(24)16-10-12-17(22)13-11-16/h10-13,15,18,20H,3-9,14H2,1-2H3/t15-,20-/m0/s1. The molecule has 1 aromatic carbocycles. The lowest BCUT2D eigenvalue weighted by atomic mass is 9.96. The number of rotatable bonds is 4. The molecule has 1 saturated carbocycles. The molecule has 2 fully saturated rings. The molecule has 2 amide bonds. The summed E-state index contributed by atoms with van der Waals surface area (Å²) in [4.78, 5) is 30.2. The van der Waals surface area contributed by atoms with Gasteiger partial charge in [-0.15, -0.1) is 0 Å². The Balaban J connectivity index is 1.94. The van der Waals surface area contributed by atoms with Crippen molar-refractivity contribution in [2.75, 3.05) is 6.54 Å². The molecule has 0 N–H and O–H groups in total. The van der Waals surface area contributed by atoms with E-state index in [9.17, 15) is 9.59 Å². The average molecular weight is 377 g/mol. The van der Waals surface area contributed by atoms with Crippen LogP contribution in [0, 0.1) is 0 Å². The summed E-state index contributed by atoms with van der Waals surface area (Å²) in [5.41, 5.74) is 0.853. The van der Waals surface area contributed by atoms with Crippen LogP contribution in [0.2, 0.25) is 5.02 Å². The molecular weight excluding hydrogens is 348 g/mol. The summed E-state index contributed by atoms with van der Waals surface area (Å²) in [6.07, 6.45) is 7.59. The smallest absolute Gasteiger partial charge is 0.250 e. The van der Waals surface area contributed by atoms with Gasteiger partial charge in [0, 0.05) is 17.1 Å². The second kappa shape index (κ2) is 8.43. The monoisotopic (exact) mass is 376 g/mol. The van der Waals surface area contributed by atoms with Crippen molar-refractivity contribution in [2.24, 2.45) is 0 Å². The number of hydrogen-bond acceptors (Lipinski definition) is 2. The molecule has 1 saturated heterocycles. The Morgan fingerprint density at radius 3 is 2.27 bits per heavy atom. The quantitative estimate of drug-likeness (QED) is 0.722. The molecule has 3 rings (SSSR count). The van der Waals surface area contributed by atoms with Gasteiger partial charge in [0.1, 0.15) is 12.6 Å². The third kappa shape index (κ3) is 3.90. The fourth-order valence-corrected chi connectivity index (χ4v) is 4.38. The van der Waals surface area contributed by atoms with Crippen molar-refractivity contribution in [3.63, 3.8) is 0 Å². The van der Waals surface area contributed by atoms with E-state index < -0.39 is 6.04 Å². The third-order valence-corrected chi connectivity index (χ3v) is 6.16. The molecule has 4 nitrogen and oxygen atoms in total. The predicted octanol–water partition coefficient (Wildman–Crippen LogP) is 4.57. The molecule has 1 heterocycles. The van der Waals surface area contributed by atoms with Gasteiger partial charge in [-0.05, 0) is 43.9 Å². The van der Waals surface area contributed by atoms with E-state index in [1.54, 1.807) is 17.0 Å². The number of hydrogen-bond donors (Lipinski definition) is 0. The highest BCUT2D eigenvalue weighted by atomic mass is 35.5. The van der Waals surface area contributed by atoms with E-state index in [4.69, 9.17) is 11.6 Å². The number of amides is 2. The number of piperazine rings is 1. The van der Waals surface area contributed by atoms with Crippen LogP contribution >= 0.6 is 11.6 Å². The molecule has 142 valence electrons. The molecule has 2 atom stereocenters. The fraction of sp³-hybridized carbons (Fsp3) is 0.619. The Bertz CT molecular complexity index is 638. The Kier molecular flexibility index (Phi) is 6.23. The maximum absolute atomic E-state index is 13.5. The normalized spacial score (nSPS) is 23.9. The zero-order valence-electron chi connectivity index (χ0n) is 15.8. The minimum absolute atomic E-state index is 0.0309. The summed E-state index contributed by atoms with van der Waals surface area (Å²) >= 11 is 6.03. The molecule has 2 aliphatic rings. The SMILES string of the molecule is CC[C@H](C)N1C(=O)CN(C2CCCCCC2)C(=O)[C@@H]1c1ccc(Cl)cc1. The summed E-state index contributed by atoms with van der Waals surface area (Å²) in [5.74, 6) is 0.127. The van der Waals surface area contributed by atoms with Crippen LogP contribution in [0.5, 0.6) is 0 Å². The van der Waals surface area contributed by atoms with Gasteiger partial charge in [0.25, 0.3) is 5.91 Å². The Morgan fingerprint density at radius 1 is 1.08 bits per heavy atom. The van der Waals surface area contributed by atoms with Gasteiger partial charge in [0.2, 0.25) is 5.91 Å². The number of halogens is 1. The van der Waals surface area contributed by atoms with Gasteiger partial charge in [-0.25, -0.2) is 0 Å². The van der Waals surface area contributed by atoms with Gasteiger partial charge >= 0.3 is 0 Å². The average Bonchev–Trinajstić information content (AvgIpc) is 2.92.